The van der Waals surface area contributed by atoms with Gasteiger partial charge in [-0.1, -0.05) is 41.5 Å². The van der Waals surface area contributed by atoms with E-state index >= 15 is 0 Å². The van der Waals surface area contributed by atoms with Gasteiger partial charge in [0.2, 0.25) is 0 Å². The van der Waals surface area contributed by atoms with Gasteiger partial charge in [0.1, 0.15) is 0 Å². The van der Waals surface area contributed by atoms with Crippen LogP contribution in [0.2, 0.25) is 0 Å². The topological polar surface area (TPSA) is 29.2 Å². The zero-order chi connectivity index (χ0) is 36.0. The van der Waals surface area contributed by atoms with Crippen molar-refractivity contribution in [1.82, 2.24) is 44.1 Å². The van der Waals surface area contributed by atoms with Crippen molar-refractivity contribution in [1.29, 1.82) is 0 Å². The van der Waals surface area contributed by atoms with Gasteiger partial charge in [0.25, 0.3) is 0 Å². The van der Waals surface area contributed by atoms with Gasteiger partial charge in [0.05, 0.1) is 0 Å². The Bertz CT molecular complexity index is 653. The fourth-order valence-electron chi connectivity index (χ4n) is 6.50. The third-order valence-electron chi connectivity index (χ3n) is 9.75. The second kappa shape index (κ2) is 32.5. The average molecular weight is 684 g/mol. The molecule has 0 fully saturated rings. The second-order valence-corrected chi connectivity index (χ2v) is 14.9. The molecule has 0 heterocycles. The Hall–Kier alpha value is -0.360. The fraction of sp³-hybridized carbons (Fsp3) is 1.00. The molecule has 290 valence electrons. The summed E-state index contributed by atoms with van der Waals surface area (Å²) in [7, 11) is 11.5. The van der Waals surface area contributed by atoms with Crippen molar-refractivity contribution in [2.75, 3.05) is 179 Å². The summed E-state index contributed by atoms with van der Waals surface area (Å²) in [6.07, 6.45) is 7.39. The van der Waals surface area contributed by atoms with E-state index in [2.05, 4.69) is 121 Å². The Balaban J connectivity index is 5.09. The van der Waals surface area contributed by atoms with Crippen LogP contribution in [-0.2, 0) is 0 Å². The Morgan fingerprint density at radius 1 is 0.188 bits per heavy atom. The average Bonchev–Trinajstić information content (AvgIpc) is 3.05. The van der Waals surface area contributed by atoms with Crippen LogP contribution >= 0.6 is 0 Å². The van der Waals surface area contributed by atoms with E-state index in [1.807, 2.05) is 0 Å². The highest BCUT2D eigenvalue weighted by Gasteiger charge is 2.15. The van der Waals surface area contributed by atoms with Crippen LogP contribution < -0.4 is 0 Å². The molecule has 0 saturated carbocycles. The fourth-order valence-corrected chi connectivity index (χ4v) is 6.50. The zero-order valence-electron chi connectivity index (χ0n) is 34.8. The van der Waals surface area contributed by atoms with Crippen LogP contribution in [0.4, 0.5) is 0 Å². The maximum atomic E-state index is 2.74. The lowest BCUT2D eigenvalue weighted by Crippen LogP contribution is -2.45. The van der Waals surface area contributed by atoms with Crippen molar-refractivity contribution in [3.63, 3.8) is 0 Å². The van der Waals surface area contributed by atoms with Crippen LogP contribution in [0.25, 0.3) is 0 Å². The monoisotopic (exact) mass is 684 g/mol. The molecule has 0 aliphatic heterocycles. The number of nitrogens with zero attached hydrogens (tertiary/aromatic N) is 9. The lowest BCUT2D eigenvalue weighted by molar-refractivity contribution is 0.148. The van der Waals surface area contributed by atoms with E-state index in [-0.39, 0.29) is 0 Å². The first-order valence-corrected chi connectivity index (χ1v) is 20.4. The van der Waals surface area contributed by atoms with Crippen molar-refractivity contribution in [3.05, 3.63) is 0 Å². The molecule has 0 atom stereocenters. The molecule has 0 rings (SSSR count). The van der Waals surface area contributed by atoms with E-state index in [9.17, 15) is 0 Å². The van der Waals surface area contributed by atoms with Crippen molar-refractivity contribution in [2.45, 2.75) is 80.1 Å². The molecule has 9 nitrogen and oxygen atoms in total. The summed E-state index contributed by atoms with van der Waals surface area (Å²) in [5.41, 5.74) is 0. The molecule has 0 aromatic rings. The molecule has 0 aliphatic rings. The van der Waals surface area contributed by atoms with Crippen LogP contribution in [0.15, 0.2) is 0 Å². The highest BCUT2D eigenvalue weighted by Crippen LogP contribution is 2.02. The number of hydrogen-bond donors (Lipinski definition) is 0. The minimum Gasteiger partial charge on any atom is -0.305 e. The Morgan fingerprint density at radius 2 is 0.333 bits per heavy atom. The summed E-state index contributed by atoms with van der Waals surface area (Å²) >= 11 is 0. The van der Waals surface area contributed by atoms with Crippen molar-refractivity contribution >= 4 is 0 Å². The standard InChI is InChI=1S/C39H89N9/c1-12-18-40(7)24-30-45(22-16-5)36-39-48(34-27-43(10)21-15-4)35-29-44(11)28-31-46(23-17-6)37-38-47(32-25-41(8)19-13-2)33-26-42(9)20-14-3/h12-39H2,1-11H3. The van der Waals surface area contributed by atoms with E-state index in [4.69, 9.17) is 0 Å². The largest absolute Gasteiger partial charge is 0.305 e. The van der Waals surface area contributed by atoms with E-state index < -0.39 is 0 Å². The van der Waals surface area contributed by atoms with Gasteiger partial charge in [-0.3, -0.25) is 9.80 Å². The minimum atomic E-state index is 1.14. The molecular weight excluding hydrogens is 594 g/mol. The quantitative estimate of drug-likeness (QED) is 0.0959. The molecule has 0 bridgehead atoms. The first-order chi connectivity index (χ1) is 23.1. The summed E-state index contributed by atoms with van der Waals surface area (Å²) < 4.78 is 0. The van der Waals surface area contributed by atoms with Crippen LogP contribution in [0.3, 0.4) is 0 Å². The highest BCUT2D eigenvalue weighted by molar-refractivity contribution is 4.71. The van der Waals surface area contributed by atoms with Gasteiger partial charge in [-0.25, -0.2) is 0 Å². The van der Waals surface area contributed by atoms with Gasteiger partial charge in [0.15, 0.2) is 0 Å². The van der Waals surface area contributed by atoms with Crippen LogP contribution in [0.1, 0.15) is 80.1 Å². The summed E-state index contributed by atoms with van der Waals surface area (Å²) in [6.45, 7) is 39.7. The minimum absolute atomic E-state index is 1.14. The van der Waals surface area contributed by atoms with E-state index in [0.717, 1.165) is 26.2 Å². The number of likely N-dealkylation sites (N-methyl/N-ethyl adjacent to an activating group) is 5. The van der Waals surface area contributed by atoms with Crippen LogP contribution in [0.5, 0.6) is 0 Å². The summed E-state index contributed by atoms with van der Waals surface area (Å²) in [5, 5.41) is 0. The Morgan fingerprint density at radius 3 is 0.521 bits per heavy atom. The first kappa shape index (κ1) is 47.6. The molecule has 0 radical (unpaired) electrons. The van der Waals surface area contributed by atoms with Gasteiger partial charge in [-0.15, -0.1) is 0 Å². The zero-order valence-corrected chi connectivity index (χ0v) is 34.8. The number of hydrogen-bond acceptors (Lipinski definition) is 9. The number of rotatable bonds is 36. The Kier molecular flexibility index (Phi) is 32.3. The predicted molar refractivity (Wildman–Crippen MR) is 215 cm³/mol. The molecule has 48 heavy (non-hydrogen) atoms. The molecular formula is C39H89N9. The summed E-state index contributed by atoms with van der Waals surface area (Å²) in [4.78, 5) is 23.5. The molecule has 0 saturated heterocycles. The van der Waals surface area contributed by atoms with Crippen LogP contribution in [0, 0.1) is 0 Å². The van der Waals surface area contributed by atoms with Crippen LogP contribution in [-0.4, -0.2) is 223 Å². The highest BCUT2D eigenvalue weighted by atomic mass is 15.3. The molecule has 0 aromatic heterocycles. The van der Waals surface area contributed by atoms with Gasteiger partial charge in [0, 0.05) is 105 Å². The molecule has 0 spiro atoms. The lowest BCUT2D eigenvalue weighted by Gasteiger charge is -2.32. The normalized spacial score (nSPS) is 12.8. The third-order valence-corrected chi connectivity index (χ3v) is 9.75. The smallest absolute Gasteiger partial charge is 0.0110 e. The van der Waals surface area contributed by atoms with E-state index in [1.165, 1.54) is 156 Å². The maximum absolute atomic E-state index is 2.74. The molecule has 0 amide bonds. The SMILES string of the molecule is CCCN(C)CCN(CCC)CCN(CCN(C)CCC)CCN(C)CCN(CCC)CCN(CCN(C)CCC)CCN(C)CCC. The molecule has 0 aromatic carbocycles. The summed E-state index contributed by atoms with van der Waals surface area (Å²) in [6, 6.07) is 0. The van der Waals surface area contributed by atoms with Gasteiger partial charge < -0.3 is 34.3 Å². The van der Waals surface area contributed by atoms with Gasteiger partial charge in [-0.05, 0) is 113 Å². The first-order valence-electron chi connectivity index (χ1n) is 20.4. The van der Waals surface area contributed by atoms with E-state index in [0.29, 0.717) is 0 Å². The maximum Gasteiger partial charge on any atom is 0.0110 e. The van der Waals surface area contributed by atoms with Crippen molar-refractivity contribution in [2.24, 2.45) is 0 Å². The van der Waals surface area contributed by atoms with Crippen molar-refractivity contribution in [3.8, 4) is 0 Å². The molecule has 0 aliphatic carbocycles. The molecule has 0 unspecified atom stereocenters. The second-order valence-electron chi connectivity index (χ2n) is 14.9. The van der Waals surface area contributed by atoms with E-state index in [1.54, 1.807) is 0 Å². The van der Waals surface area contributed by atoms with Gasteiger partial charge in [-0.2, -0.15) is 0 Å². The van der Waals surface area contributed by atoms with Crippen molar-refractivity contribution < 1.29 is 0 Å². The lowest BCUT2D eigenvalue weighted by atomic mass is 10.3. The van der Waals surface area contributed by atoms with Gasteiger partial charge >= 0.3 is 0 Å². The Labute approximate surface area is 302 Å². The molecule has 0 N–H and O–H groups in total. The predicted octanol–water partition coefficient (Wildman–Crippen LogP) is 4.31. The summed E-state index contributed by atoms with van der Waals surface area (Å²) in [5.74, 6) is 0. The molecule has 9 heteroatoms. The third kappa shape index (κ3) is 27.4.